The van der Waals surface area contributed by atoms with Crippen LogP contribution in [0.2, 0.25) is 0 Å². The van der Waals surface area contributed by atoms with Crippen molar-refractivity contribution in [1.82, 2.24) is 4.90 Å². The molecule has 2 saturated heterocycles. The smallest absolute Gasteiger partial charge is 0.308 e. The van der Waals surface area contributed by atoms with E-state index in [1.807, 2.05) is 4.90 Å². The molecule has 0 radical (unpaired) electrons. The first-order valence-electron chi connectivity index (χ1n) is 7.63. The van der Waals surface area contributed by atoms with Crippen LogP contribution in [0.15, 0.2) is 18.2 Å². The average Bonchev–Trinajstić information content (AvgIpc) is 3.17. The van der Waals surface area contributed by atoms with Gasteiger partial charge in [0.2, 0.25) is 0 Å². The fraction of sp³-hybridized carbons (Fsp3) is 0.500. The van der Waals surface area contributed by atoms with Crippen molar-refractivity contribution in [3.63, 3.8) is 0 Å². The molecule has 1 aromatic carbocycles. The third kappa shape index (κ3) is 2.77. The quantitative estimate of drug-likeness (QED) is 0.927. The van der Waals surface area contributed by atoms with Crippen molar-refractivity contribution in [2.24, 2.45) is 5.92 Å². The zero-order valence-corrected chi connectivity index (χ0v) is 12.3. The topological polar surface area (TPSA) is 60.9 Å². The summed E-state index contributed by atoms with van der Waals surface area (Å²) < 4.78 is 14.2. The molecule has 1 amide bonds. The number of anilines is 1. The number of carboxylic acid groups (broad SMARTS) is 1. The molecule has 5 nitrogen and oxygen atoms in total. The van der Waals surface area contributed by atoms with Gasteiger partial charge in [-0.1, -0.05) is 0 Å². The molecule has 0 spiro atoms. The number of rotatable bonds is 3. The lowest BCUT2D eigenvalue weighted by atomic mass is 10.1. The van der Waals surface area contributed by atoms with E-state index in [4.69, 9.17) is 5.11 Å². The van der Waals surface area contributed by atoms with Gasteiger partial charge in [0, 0.05) is 31.7 Å². The van der Waals surface area contributed by atoms with Crippen molar-refractivity contribution in [3.8, 4) is 0 Å². The van der Waals surface area contributed by atoms with E-state index in [0.717, 1.165) is 25.9 Å². The predicted octanol–water partition coefficient (Wildman–Crippen LogP) is 1.97. The van der Waals surface area contributed by atoms with Gasteiger partial charge < -0.3 is 14.9 Å². The molecule has 2 heterocycles. The lowest BCUT2D eigenvalue weighted by Gasteiger charge is -2.20. The normalized spacial score (nSPS) is 21.4. The van der Waals surface area contributed by atoms with E-state index in [1.165, 1.54) is 11.0 Å². The van der Waals surface area contributed by atoms with E-state index in [1.54, 1.807) is 12.1 Å². The Morgan fingerprint density at radius 1 is 1.18 bits per heavy atom. The number of nitrogens with zero attached hydrogens (tertiary/aromatic N) is 2. The summed E-state index contributed by atoms with van der Waals surface area (Å²) >= 11 is 0. The number of hydrogen-bond acceptors (Lipinski definition) is 3. The second-order valence-corrected chi connectivity index (χ2v) is 5.94. The molecule has 0 bridgehead atoms. The van der Waals surface area contributed by atoms with Crippen LogP contribution in [0, 0.1) is 11.7 Å². The zero-order chi connectivity index (χ0) is 15.7. The summed E-state index contributed by atoms with van der Waals surface area (Å²) in [5, 5.41) is 8.98. The van der Waals surface area contributed by atoms with Gasteiger partial charge >= 0.3 is 5.97 Å². The Hall–Kier alpha value is -2.11. The van der Waals surface area contributed by atoms with Gasteiger partial charge in [-0.2, -0.15) is 0 Å². The number of carboxylic acids is 1. The van der Waals surface area contributed by atoms with Gasteiger partial charge in [0.05, 0.1) is 11.6 Å². The molecule has 3 rings (SSSR count). The van der Waals surface area contributed by atoms with Crippen molar-refractivity contribution in [1.29, 1.82) is 0 Å². The Labute approximate surface area is 128 Å². The summed E-state index contributed by atoms with van der Waals surface area (Å²) in [7, 11) is 0. The van der Waals surface area contributed by atoms with E-state index in [0.29, 0.717) is 18.7 Å². The Kier molecular flexibility index (Phi) is 4.00. The minimum atomic E-state index is -0.883. The first-order chi connectivity index (χ1) is 10.6. The van der Waals surface area contributed by atoms with Crippen LogP contribution in [0.25, 0.3) is 0 Å². The third-order valence-corrected chi connectivity index (χ3v) is 4.47. The van der Waals surface area contributed by atoms with E-state index in [9.17, 15) is 14.0 Å². The van der Waals surface area contributed by atoms with Gasteiger partial charge in [-0.15, -0.1) is 0 Å². The molecule has 1 unspecified atom stereocenters. The Morgan fingerprint density at radius 3 is 2.50 bits per heavy atom. The standard InChI is InChI=1S/C16H19FN2O3/c17-13-9-11(3-4-14(13)18-6-1-2-7-18)15(20)19-8-5-12(10-19)16(21)22/h3-4,9,12H,1-2,5-8,10H2,(H,21,22). The number of carbonyl (C=O) groups is 2. The number of halogens is 1. The maximum atomic E-state index is 14.2. The third-order valence-electron chi connectivity index (χ3n) is 4.47. The molecule has 118 valence electrons. The van der Waals surface area contributed by atoms with Crippen molar-refractivity contribution in [3.05, 3.63) is 29.6 Å². The van der Waals surface area contributed by atoms with Crippen molar-refractivity contribution < 1.29 is 19.1 Å². The van der Waals surface area contributed by atoms with Gasteiger partial charge in [0.1, 0.15) is 5.82 Å². The van der Waals surface area contributed by atoms with Crippen LogP contribution >= 0.6 is 0 Å². The second kappa shape index (κ2) is 5.94. The molecule has 6 heteroatoms. The Balaban J connectivity index is 1.73. The summed E-state index contributed by atoms with van der Waals surface area (Å²) in [6.45, 7) is 2.29. The highest BCUT2D eigenvalue weighted by Crippen LogP contribution is 2.26. The van der Waals surface area contributed by atoms with Crippen LogP contribution in [0.4, 0.5) is 10.1 Å². The van der Waals surface area contributed by atoms with Gasteiger partial charge in [-0.05, 0) is 37.5 Å². The molecule has 22 heavy (non-hydrogen) atoms. The fourth-order valence-electron chi connectivity index (χ4n) is 3.18. The number of hydrogen-bond donors (Lipinski definition) is 1. The Bertz CT molecular complexity index is 599. The molecule has 0 aromatic heterocycles. The van der Waals surface area contributed by atoms with Gasteiger partial charge in [0.15, 0.2) is 0 Å². The molecule has 1 atom stereocenters. The molecular weight excluding hydrogens is 287 g/mol. The Morgan fingerprint density at radius 2 is 1.91 bits per heavy atom. The molecule has 1 aromatic rings. The van der Waals surface area contributed by atoms with Crippen molar-refractivity contribution >= 4 is 17.6 Å². The summed E-state index contributed by atoms with van der Waals surface area (Å²) in [6, 6.07) is 4.55. The van der Waals surface area contributed by atoms with Gasteiger partial charge in [0.25, 0.3) is 5.91 Å². The molecule has 2 fully saturated rings. The number of likely N-dealkylation sites (tertiary alicyclic amines) is 1. The van der Waals surface area contributed by atoms with Crippen LogP contribution in [0.1, 0.15) is 29.6 Å². The molecule has 0 saturated carbocycles. The van der Waals surface area contributed by atoms with Crippen LogP contribution in [0.5, 0.6) is 0 Å². The summed E-state index contributed by atoms with van der Waals surface area (Å²) in [5.41, 5.74) is 0.824. The van der Waals surface area contributed by atoms with Crippen molar-refractivity contribution in [2.45, 2.75) is 19.3 Å². The minimum absolute atomic E-state index is 0.198. The minimum Gasteiger partial charge on any atom is -0.481 e. The zero-order valence-electron chi connectivity index (χ0n) is 12.3. The molecule has 2 aliphatic rings. The molecule has 1 N–H and O–H groups in total. The number of benzene rings is 1. The monoisotopic (exact) mass is 306 g/mol. The largest absolute Gasteiger partial charge is 0.481 e. The summed E-state index contributed by atoms with van der Waals surface area (Å²) in [4.78, 5) is 26.8. The SMILES string of the molecule is O=C(O)C1CCN(C(=O)c2ccc(N3CCCC3)c(F)c2)C1. The number of carbonyl (C=O) groups excluding carboxylic acids is 1. The first-order valence-corrected chi connectivity index (χ1v) is 7.63. The number of aliphatic carboxylic acids is 1. The number of amides is 1. The maximum absolute atomic E-state index is 14.2. The molecule has 0 aliphatic carbocycles. The molecule has 2 aliphatic heterocycles. The highest BCUT2D eigenvalue weighted by molar-refractivity contribution is 5.95. The van der Waals surface area contributed by atoms with Gasteiger partial charge in [-0.25, -0.2) is 4.39 Å². The summed E-state index contributed by atoms with van der Waals surface area (Å²) in [5.74, 6) is -2.08. The van der Waals surface area contributed by atoms with Crippen LogP contribution < -0.4 is 4.90 Å². The fourth-order valence-corrected chi connectivity index (χ4v) is 3.18. The maximum Gasteiger partial charge on any atom is 0.308 e. The van der Waals surface area contributed by atoms with Gasteiger partial charge in [-0.3, -0.25) is 9.59 Å². The lowest BCUT2D eigenvalue weighted by Crippen LogP contribution is -2.30. The van der Waals surface area contributed by atoms with Crippen molar-refractivity contribution in [2.75, 3.05) is 31.1 Å². The van der Waals surface area contributed by atoms with E-state index < -0.39 is 11.9 Å². The van der Waals surface area contributed by atoms with Crippen LogP contribution in [-0.4, -0.2) is 48.1 Å². The highest BCUT2D eigenvalue weighted by atomic mass is 19.1. The lowest BCUT2D eigenvalue weighted by molar-refractivity contribution is -0.141. The first kappa shape index (κ1) is 14.8. The summed E-state index contributed by atoms with van der Waals surface area (Å²) in [6.07, 6.45) is 2.57. The predicted molar refractivity (Wildman–Crippen MR) is 79.5 cm³/mol. The highest BCUT2D eigenvalue weighted by Gasteiger charge is 2.31. The second-order valence-electron chi connectivity index (χ2n) is 5.94. The van der Waals surface area contributed by atoms with Crippen LogP contribution in [-0.2, 0) is 4.79 Å². The average molecular weight is 306 g/mol. The van der Waals surface area contributed by atoms with E-state index >= 15 is 0 Å². The molecular formula is C16H19FN2O3. The van der Waals surface area contributed by atoms with E-state index in [2.05, 4.69) is 0 Å². The van der Waals surface area contributed by atoms with Crippen LogP contribution in [0.3, 0.4) is 0 Å². The van der Waals surface area contributed by atoms with E-state index in [-0.39, 0.29) is 23.8 Å².